The quantitative estimate of drug-likeness (QED) is 0.208. The molecular weight excluding hydrogens is 476 g/mol. The van der Waals surface area contributed by atoms with Crippen LogP contribution in [0.2, 0.25) is 0 Å². The van der Waals surface area contributed by atoms with E-state index in [1.54, 1.807) is 35.5 Å². The van der Waals surface area contributed by atoms with E-state index < -0.39 is 0 Å². The Bertz CT molecular complexity index is 1420. The maximum Gasteiger partial charge on any atom is 0.131 e. The molecule has 4 aromatic rings. The average molecular weight is 509 g/mol. The van der Waals surface area contributed by atoms with Gasteiger partial charge in [0.2, 0.25) is 0 Å². The van der Waals surface area contributed by atoms with Crippen LogP contribution in [0.15, 0.2) is 84.9 Å². The molecule has 0 saturated heterocycles. The van der Waals surface area contributed by atoms with Crippen molar-refractivity contribution in [2.75, 3.05) is 35.5 Å². The molecule has 0 aliphatic heterocycles. The highest BCUT2D eigenvalue weighted by Crippen LogP contribution is 2.40. The molecule has 0 heterocycles. The Hall–Kier alpha value is -4.64. The van der Waals surface area contributed by atoms with E-state index in [0.29, 0.717) is 11.5 Å². The van der Waals surface area contributed by atoms with Crippen LogP contribution in [0.3, 0.4) is 0 Å². The summed E-state index contributed by atoms with van der Waals surface area (Å²) in [6.45, 7) is 0. The molecule has 0 amide bonds. The normalized spacial score (nSPS) is 11.3. The zero-order valence-corrected chi connectivity index (χ0v) is 22.4. The monoisotopic (exact) mass is 508 g/mol. The van der Waals surface area contributed by atoms with Gasteiger partial charge in [-0.25, -0.2) is 0 Å². The van der Waals surface area contributed by atoms with Crippen molar-refractivity contribution >= 4 is 23.8 Å². The minimum absolute atomic E-state index is 0.696. The second-order valence-electron chi connectivity index (χ2n) is 8.46. The standard InChI is InChI=1S/C33H32O5/c1-34-27-15-10-23(11-16-27)9-14-26-21-30(37-4)22-32(38-5)33(26)31(25-7-6-8-29(20-25)36-3)19-24-12-17-28(35-2)18-13-24/h6-22H,1-5H3. The van der Waals surface area contributed by atoms with Crippen LogP contribution in [0.1, 0.15) is 27.8 Å². The summed E-state index contributed by atoms with van der Waals surface area (Å²) in [5.74, 6) is 3.78. The maximum atomic E-state index is 5.92. The summed E-state index contributed by atoms with van der Waals surface area (Å²) in [4.78, 5) is 0. The predicted octanol–water partition coefficient (Wildman–Crippen LogP) is 7.49. The summed E-state index contributed by atoms with van der Waals surface area (Å²) < 4.78 is 27.7. The molecule has 0 spiro atoms. The largest absolute Gasteiger partial charge is 0.497 e. The van der Waals surface area contributed by atoms with Gasteiger partial charge in [-0.05, 0) is 76.4 Å². The Balaban J connectivity index is 1.93. The van der Waals surface area contributed by atoms with E-state index in [2.05, 4.69) is 24.3 Å². The zero-order valence-electron chi connectivity index (χ0n) is 22.4. The molecule has 5 heteroatoms. The Morgan fingerprint density at radius 3 is 1.71 bits per heavy atom. The number of ether oxygens (including phenoxy) is 5. The van der Waals surface area contributed by atoms with Crippen LogP contribution in [0.4, 0.5) is 0 Å². The highest BCUT2D eigenvalue weighted by Gasteiger charge is 2.18. The highest BCUT2D eigenvalue weighted by atomic mass is 16.5. The molecule has 4 aromatic carbocycles. The van der Waals surface area contributed by atoms with E-state index >= 15 is 0 Å². The molecule has 0 atom stereocenters. The molecule has 0 radical (unpaired) electrons. The number of hydrogen-bond donors (Lipinski definition) is 0. The average Bonchev–Trinajstić information content (AvgIpc) is 2.99. The fourth-order valence-electron chi connectivity index (χ4n) is 4.17. The molecule has 0 unspecified atom stereocenters. The van der Waals surface area contributed by atoms with Gasteiger partial charge >= 0.3 is 0 Å². The molecule has 5 nitrogen and oxygen atoms in total. The second kappa shape index (κ2) is 12.5. The Labute approximate surface area is 224 Å². The van der Waals surface area contributed by atoms with Crippen LogP contribution < -0.4 is 23.7 Å². The van der Waals surface area contributed by atoms with Gasteiger partial charge in [0.15, 0.2) is 0 Å². The predicted molar refractivity (Wildman–Crippen MR) is 154 cm³/mol. The lowest BCUT2D eigenvalue weighted by Gasteiger charge is -2.18. The van der Waals surface area contributed by atoms with Gasteiger partial charge in [-0.1, -0.05) is 48.6 Å². The van der Waals surface area contributed by atoms with E-state index in [9.17, 15) is 0 Å². The molecule has 194 valence electrons. The summed E-state index contributed by atoms with van der Waals surface area (Å²) in [7, 11) is 8.32. The lowest BCUT2D eigenvalue weighted by molar-refractivity contribution is 0.393. The molecule has 0 aliphatic rings. The summed E-state index contributed by atoms with van der Waals surface area (Å²) >= 11 is 0. The topological polar surface area (TPSA) is 46.2 Å². The van der Waals surface area contributed by atoms with Crippen LogP contribution in [0, 0.1) is 0 Å². The molecule has 38 heavy (non-hydrogen) atoms. The van der Waals surface area contributed by atoms with Gasteiger partial charge in [-0.15, -0.1) is 0 Å². The third-order valence-electron chi connectivity index (χ3n) is 6.21. The number of benzene rings is 4. The molecular formula is C33H32O5. The van der Waals surface area contributed by atoms with Crippen molar-refractivity contribution in [1.82, 2.24) is 0 Å². The summed E-state index contributed by atoms with van der Waals surface area (Å²) in [6.07, 6.45) is 6.28. The van der Waals surface area contributed by atoms with E-state index in [4.69, 9.17) is 23.7 Å². The first kappa shape index (κ1) is 26.4. The zero-order chi connectivity index (χ0) is 26.9. The van der Waals surface area contributed by atoms with Gasteiger partial charge in [0.05, 0.1) is 35.5 Å². The van der Waals surface area contributed by atoms with Crippen molar-refractivity contribution in [2.45, 2.75) is 0 Å². The van der Waals surface area contributed by atoms with Crippen LogP contribution in [-0.2, 0) is 0 Å². The molecule has 0 saturated carbocycles. The molecule has 0 N–H and O–H groups in total. The Morgan fingerprint density at radius 1 is 0.526 bits per heavy atom. The van der Waals surface area contributed by atoms with Crippen molar-refractivity contribution in [3.63, 3.8) is 0 Å². The molecule has 4 rings (SSSR count). The van der Waals surface area contributed by atoms with Crippen molar-refractivity contribution in [2.24, 2.45) is 0 Å². The number of methoxy groups -OCH3 is 5. The van der Waals surface area contributed by atoms with Crippen molar-refractivity contribution in [3.8, 4) is 28.7 Å². The first-order chi connectivity index (χ1) is 18.6. The SMILES string of the molecule is COc1ccc(C=Cc2cc(OC)cc(OC)c2C(=Cc2ccc(OC)cc2)c2cccc(OC)c2)cc1. The van der Waals surface area contributed by atoms with Gasteiger partial charge in [-0.3, -0.25) is 0 Å². The van der Waals surface area contributed by atoms with E-state index in [-0.39, 0.29) is 0 Å². The third kappa shape index (κ3) is 6.19. The van der Waals surface area contributed by atoms with Crippen LogP contribution in [0.25, 0.3) is 23.8 Å². The first-order valence-corrected chi connectivity index (χ1v) is 12.2. The van der Waals surface area contributed by atoms with Crippen LogP contribution >= 0.6 is 0 Å². The molecule has 0 fully saturated rings. The smallest absolute Gasteiger partial charge is 0.131 e. The molecule has 0 bridgehead atoms. The maximum absolute atomic E-state index is 5.92. The fourth-order valence-corrected chi connectivity index (χ4v) is 4.17. The highest BCUT2D eigenvalue weighted by molar-refractivity contribution is 5.97. The first-order valence-electron chi connectivity index (χ1n) is 12.2. The lowest BCUT2D eigenvalue weighted by Crippen LogP contribution is -1.99. The summed E-state index contributed by atoms with van der Waals surface area (Å²) in [5.41, 5.74) is 5.90. The van der Waals surface area contributed by atoms with Crippen molar-refractivity contribution in [1.29, 1.82) is 0 Å². The van der Waals surface area contributed by atoms with E-state index in [1.165, 1.54) is 0 Å². The van der Waals surface area contributed by atoms with Gasteiger partial charge in [0.25, 0.3) is 0 Å². The lowest BCUT2D eigenvalue weighted by atomic mass is 9.90. The minimum Gasteiger partial charge on any atom is -0.497 e. The van der Waals surface area contributed by atoms with Gasteiger partial charge in [0, 0.05) is 11.6 Å². The summed E-state index contributed by atoms with van der Waals surface area (Å²) in [6, 6.07) is 27.8. The fraction of sp³-hybridized carbons (Fsp3) is 0.152. The van der Waals surface area contributed by atoms with Gasteiger partial charge in [-0.2, -0.15) is 0 Å². The van der Waals surface area contributed by atoms with Crippen LogP contribution in [-0.4, -0.2) is 35.5 Å². The summed E-state index contributed by atoms with van der Waals surface area (Å²) in [5, 5.41) is 0. The third-order valence-corrected chi connectivity index (χ3v) is 6.21. The Kier molecular flexibility index (Phi) is 8.73. The number of rotatable bonds is 10. The minimum atomic E-state index is 0.696. The van der Waals surface area contributed by atoms with Crippen molar-refractivity contribution < 1.29 is 23.7 Å². The second-order valence-corrected chi connectivity index (χ2v) is 8.46. The van der Waals surface area contributed by atoms with Gasteiger partial charge < -0.3 is 23.7 Å². The van der Waals surface area contributed by atoms with Gasteiger partial charge in [0.1, 0.15) is 28.7 Å². The Morgan fingerprint density at radius 2 is 1.13 bits per heavy atom. The molecule has 0 aliphatic carbocycles. The van der Waals surface area contributed by atoms with Crippen LogP contribution in [0.5, 0.6) is 28.7 Å². The van der Waals surface area contributed by atoms with E-state index in [1.807, 2.05) is 78.9 Å². The number of hydrogen-bond acceptors (Lipinski definition) is 5. The molecule has 0 aromatic heterocycles. The van der Waals surface area contributed by atoms with Crippen molar-refractivity contribution in [3.05, 3.63) is 113 Å². The van der Waals surface area contributed by atoms with E-state index in [0.717, 1.165) is 50.6 Å².